The average molecular weight is 433 g/mol. The van der Waals surface area contributed by atoms with E-state index >= 15 is 0 Å². The van der Waals surface area contributed by atoms with E-state index in [-0.39, 0.29) is 11.5 Å². The van der Waals surface area contributed by atoms with Crippen molar-refractivity contribution in [3.05, 3.63) is 94.7 Å². The number of hydrogen-bond donors (Lipinski definition) is 3. The van der Waals surface area contributed by atoms with Gasteiger partial charge in [-0.25, -0.2) is 4.79 Å². The molecule has 158 valence electrons. The number of benzene rings is 2. The molecule has 3 aromatic rings. The zero-order valence-electron chi connectivity index (χ0n) is 17.4. The van der Waals surface area contributed by atoms with Crippen LogP contribution >= 0.6 is 11.8 Å². The smallest absolute Gasteiger partial charge is 0.337 e. The van der Waals surface area contributed by atoms with Gasteiger partial charge in [-0.2, -0.15) is 0 Å². The Labute approximate surface area is 186 Å². The minimum Gasteiger partial charge on any atom is -0.465 e. The van der Waals surface area contributed by atoms with Gasteiger partial charge in [0.05, 0.1) is 18.4 Å². The number of ether oxygens (including phenoxy) is 1. The summed E-state index contributed by atoms with van der Waals surface area (Å²) in [6.45, 7) is 2.75. The van der Waals surface area contributed by atoms with Gasteiger partial charge < -0.3 is 20.7 Å². The van der Waals surface area contributed by atoms with Gasteiger partial charge in [0, 0.05) is 35.9 Å². The Morgan fingerprint density at radius 1 is 1.19 bits per heavy atom. The first-order valence-corrected chi connectivity index (χ1v) is 10.9. The van der Waals surface area contributed by atoms with E-state index in [2.05, 4.69) is 51.5 Å². The third-order valence-corrected chi connectivity index (χ3v) is 5.86. The van der Waals surface area contributed by atoms with Crippen molar-refractivity contribution in [2.45, 2.75) is 19.0 Å². The fourth-order valence-electron chi connectivity index (χ4n) is 3.20. The van der Waals surface area contributed by atoms with Gasteiger partial charge in [-0.05, 0) is 59.9 Å². The summed E-state index contributed by atoms with van der Waals surface area (Å²) < 4.78 is 4.74. The van der Waals surface area contributed by atoms with Crippen LogP contribution in [0.25, 0.3) is 5.70 Å². The first-order valence-electron chi connectivity index (χ1n) is 9.93. The molecular weight excluding hydrogens is 408 g/mol. The van der Waals surface area contributed by atoms with Crippen molar-refractivity contribution in [1.82, 2.24) is 10.3 Å². The summed E-state index contributed by atoms with van der Waals surface area (Å²) in [5, 5.41) is 12.6. The maximum atomic E-state index is 11.6. The zero-order chi connectivity index (χ0) is 21.6. The van der Waals surface area contributed by atoms with Crippen molar-refractivity contribution in [2.75, 3.05) is 17.7 Å². The van der Waals surface area contributed by atoms with Gasteiger partial charge in [0.1, 0.15) is 5.50 Å². The number of esters is 1. The molecule has 1 aliphatic rings. The van der Waals surface area contributed by atoms with Crippen molar-refractivity contribution in [3.63, 3.8) is 0 Å². The first-order chi connectivity index (χ1) is 15.1. The molecular formula is C24H24N4O2S. The lowest BCUT2D eigenvalue weighted by molar-refractivity contribution is 0.0600. The lowest BCUT2D eigenvalue weighted by atomic mass is 10.1. The minimum absolute atomic E-state index is 0.0509. The highest BCUT2D eigenvalue weighted by molar-refractivity contribution is 8.03. The summed E-state index contributed by atoms with van der Waals surface area (Å²) in [7, 11) is 1.39. The second kappa shape index (κ2) is 9.57. The molecule has 1 aliphatic heterocycles. The summed E-state index contributed by atoms with van der Waals surface area (Å²) in [6.07, 6.45) is 3.63. The normalized spacial score (nSPS) is 15.0. The number of rotatable bonds is 7. The average Bonchev–Trinajstić information content (AvgIpc) is 3.28. The molecule has 3 N–H and O–H groups in total. The van der Waals surface area contributed by atoms with E-state index in [0.29, 0.717) is 12.1 Å². The predicted octanol–water partition coefficient (Wildman–Crippen LogP) is 4.82. The van der Waals surface area contributed by atoms with E-state index in [1.807, 2.05) is 30.5 Å². The summed E-state index contributed by atoms with van der Waals surface area (Å²) >= 11 is 1.70. The van der Waals surface area contributed by atoms with Crippen molar-refractivity contribution in [1.29, 1.82) is 0 Å². The number of aryl methyl sites for hydroxylation is 1. The van der Waals surface area contributed by atoms with E-state index in [4.69, 9.17) is 4.74 Å². The molecule has 0 fully saturated rings. The number of carbonyl (C=O) groups excluding carboxylic acids is 1. The molecule has 1 unspecified atom stereocenters. The Kier molecular flexibility index (Phi) is 6.43. The van der Waals surface area contributed by atoms with Crippen LogP contribution in [0.3, 0.4) is 0 Å². The molecule has 0 radical (unpaired) electrons. The Morgan fingerprint density at radius 3 is 2.77 bits per heavy atom. The lowest BCUT2D eigenvalue weighted by Crippen LogP contribution is -2.28. The quantitative estimate of drug-likeness (QED) is 0.462. The number of hydrogen-bond acceptors (Lipinski definition) is 7. The van der Waals surface area contributed by atoms with Gasteiger partial charge in [-0.3, -0.25) is 4.98 Å². The molecule has 2 heterocycles. The van der Waals surface area contributed by atoms with E-state index < -0.39 is 0 Å². The molecule has 6 nitrogen and oxygen atoms in total. The fourth-order valence-corrected chi connectivity index (χ4v) is 4.06. The third kappa shape index (κ3) is 5.19. The van der Waals surface area contributed by atoms with Crippen molar-refractivity contribution in [2.24, 2.45) is 0 Å². The lowest BCUT2D eigenvalue weighted by Gasteiger charge is -2.19. The highest BCUT2D eigenvalue weighted by Gasteiger charge is 2.18. The molecule has 31 heavy (non-hydrogen) atoms. The standard InChI is InChI=1S/C24H24N4O2S/c1-16-5-10-20(26-13-17-6-8-18(9-7-17)23(29)30-2)12-21(16)27-24-28-22(15-31-24)19-4-3-11-25-14-19/h3-12,14-15,24,26-28H,13H2,1-2H3. The first kappa shape index (κ1) is 20.8. The second-order valence-electron chi connectivity index (χ2n) is 7.15. The van der Waals surface area contributed by atoms with E-state index in [1.165, 1.54) is 12.7 Å². The fraction of sp³-hybridized carbons (Fsp3) is 0.167. The number of anilines is 2. The van der Waals surface area contributed by atoms with Crippen LogP contribution in [0, 0.1) is 6.92 Å². The third-order valence-electron chi connectivity index (χ3n) is 4.98. The number of nitrogens with zero attached hydrogens (tertiary/aromatic N) is 1. The number of methoxy groups -OCH3 is 1. The Morgan fingerprint density at radius 2 is 2.03 bits per heavy atom. The molecule has 0 saturated carbocycles. The summed E-state index contributed by atoms with van der Waals surface area (Å²) in [6, 6.07) is 17.7. The highest BCUT2D eigenvalue weighted by atomic mass is 32.2. The summed E-state index contributed by atoms with van der Waals surface area (Å²) in [5.41, 5.74) is 7.09. The van der Waals surface area contributed by atoms with E-state index in [0.717, 1.165) is 28.2 Å². The number of aromatic nitrogens is 1. The van der Waals surface area contributed by atoms with Crippen LogP contribution in [-0.2, 0) is 11.3 Å². The molecule has 0 spiro atoms. The highest BCUT2D eigenvalue weighted by Crippen LogP contribution is 2.30. The molecule has 1 atom stereocenters. The monoisotopic (exact) mass is 432 g/mol. The Balaban J connectivity index is 1.36. The van der Waals surface area contributed by atoms with Crippen LogP contribution in [0.1, 0.15) is 27.0 Å². The van der Waals surface area contributed by atoms with Crippen molar-refractivity contribution >= 4 is 34.8 Å². The molecule has 0 saturated heterocycles. The maximum Gasteiger partial charge on any atom is 0.337 e. The molecule has 0 aliphatic carbocycles. The zero-order valence-corrected chi connectivity index (χ0v) is 18.2. The van der Waals surface area contributed by atoms with Crippen LogP contribution in [-0.4, -0.2) is 23.6 Å². The van der Waals surface area contributed by atoms with Crippen molar-refractivity contribution in [3.8, 4) is 0 Å². The summed E-state index contributed by atoms with van der Waals surface area (Å²) in [5.74, 6) is -0.326. The van der Waals surface area contributed by atoms with Crippen LogP contribution < -0.4 is 16.0 Å². The maximum absolute atomic E-state index is 11.6. The summed E-state index contributed by atoms with van der Waals surface area (Å²) in [4.78, 5) is 15.7. The molecule has 1 aromatic heterocycles. The number of carbonyl (C=O) groups is 1. The van der Waals surface area contributed by atoms with Crippen LogP contribution in [0.15, 0.2) is 72.4 Å². The predicted molar refractivity (Wildman–Crippen MR) is 127 cm³/mol. The van der Waals surface area contributed by atoms with Crippen LogP contribution in [0.5, 0.6) is 0 Å². The van der Waals surface area contributed by atoms with Crippen molar-refractivity contribution < 1.29 is 9.53 Å². The molecule has 4 rings (SSSR count). The topological polar surface area (TPSA) is 75.3 Å². The van der Waals surface area contributed by atoms with Gasteiger partial charge in [-0.1, -0.05) is 30.0 Å². The van der Waals surface area contributed by atoms with Crippen LogP contribution in [0.4, 0.5) is 11.4 Å². The van der Waals surface area contributed by atoms with Gasteiger partial charge in [0.2, 0.25) is 0 Å². The molecule has 0 amide bonds. The van der Waals surface area contributed by atoms with E-state index in [1.54, 1.807) is 30.1 Å². The van der Waals surface area contributed by atoms with Gasteiger partial charge in [0.25, 0.3) is 0 Å². The van der Waals surface area contributed by atoms with Gasteiger partial charge in [-0.15, -0.1) is 0 Å². The molecule has 0 bridgehead atoms. The van der Waals surface area contributed by atoms with Gasteiger partial charge in [0.15, 0.2) is 0 Å². The van der Waals surface area contributed by atoms with E-state index in [9.17, 15) is 4.79 Å². The number of nitrogens with one attached hydrogen (secondary N) is 3. The minimum atomic E-state index is -0.326. The number of pyridine rings is 1. The second-order valence-corrected chi connectivity index (χ2v) is 8.13. The van der Waals surface area contributed by atoms with Gasteiger partial charge >= 0.3 is 5.97 Å². The Bertz CT molecular complexity index is 1080. The number of thioether (sulfide) groups is 1. The SMILES string of the molecule is COC(=O)c1ccc(CNc2ccc(C)c(NC3NC(c4cccnc4)=CS3)c2)cc1. The Hall–Kier alpha value is -3.45. The largest absolute Gasteiger partial charge is 0.465 e. The van der Waals surface area contributed by atoms with Crippen LogP contribution in [0.2, 0.25) is 0 Å². The molecule has 7 heteroatoms. The molecule has 2 aromatic carbocycles.